The maximum Gasteiger partial charge on any atom is 0.142 e. The highest BCUT2D eigenvalue weighted by atomic mass is 16.3. The number of hydrogen-bond acceptors (Lipinski definition) is 1. The molecule has 1 aromatic heterocycles. The largest absolute Gasteiger partial charge is 0.456 e. The monoisotopic (exact) mass is 522 g/mol. The molecular formula is C40H26O. The summed E-state index contributed by atoms with van der Waals surface area (Å²) in [6, 6.07) is 44.5. The number of hydrogen-bond donors (Lipinski definition) is 0. The molecule has 0 spiro atoms. The van der Waals surface area contributed by atoms with Crippen LogP contribution < -0.4 is 0 Å². The van der Waals surface area contributed by atoms with E-state index in [2.05, 4.69) is 133 Å². The number of fused-ring (bicyclic) bond motifs is 3. The quantitative estimate of drug-likeness (QED) is 0.210. The van der Waals surface area contributed by atoms with Crippen LogP contribution in [0.1, 0.15) is 17.7 Å². The van der Waals surface area contributed by atoms with Crippen molar-refractivity contribution < 1.29 is 4.42 Å². The van der Waals surface area contributed by atoms with Crippen molar-refractivity contribution in [3.05, 3.63) is 139 Å². The lowest BCUT2D eigenvalue weighted by molar-refractivity contribution is 0.596. The molecule has 41 heavy (non-hydrogen) atoms. The summed E-state index contributed by atoms with van der Waals surface area (Å²) in [4.78, 5) is 0. The third-order valence-corrected chi connectivity index (χ3v) is 8.94. The Kier molecular flexibility index (Phi) is 4.80. The van der Waals surface area contributed by atoms with Crippen molar-refractivity contribution in [1.82, 2.24) is 0 Å². The molecule has 0 bridgehead atoms. The molecule has 8 aromatic rings. The minimum atomic E-state index is 0.994. The van der Waals surface area contributed by atoms with Gasteiger partial charge in [0.1, 0.15) is 11.3 Å². The number of para-hydroxylation sites is 1. The Morgan fingerprint density at radius 2 is 1.07 bits per heavy atom. The van der Waals surface area contributed by atoms with Crippen LogP contribution in [0.5, 0.6) is 0 Å². The number of rotatable bonds is 3. The van der Waals surface area contributed by atoms with Gasteiger partial charge in [-0.1, -0.05) is 127 Å². The molecule has 0 amide bonds. The summed E-state index contributed by atoms with van der Waals surface area (Å²) >= 11 is 0. The van der Waals surface area contributed by atoms with Gasteiger partial charge in [0, 0.05) is 16.5 Å². The normalized spacial score (nSPS) is 13.1. The first-order chi connectivity index (χ1) is 20.3. The molecule has 1 aliphatic carbocycles. The van der Waals surface area contributed by atoms with E-state index in [1.165, 1.54) is 71.1 Å². The van der Waals surface area contributed by atoms with E-state index in [1.54, 1.807) is 0 Å². The molecule has 7 aromatic carbocycles. The van der Waals surface area contributed by atoms with E-state index in [4.69, 9.17) is 4.42 Å². The van der Waals surface area contributed by atoms with Gasteiger partial charge < -0.3 is 4.42 Å². The van der Waals surface area contributed by atoms with Gasteiger partial charge in [-0.15, -0.1) is 0 Å². The molecule has 1 heterocycles. The second-order valence-corrected chi connectivity index (χ2v) is 11.2. The lowest BCUT2D eigenvalue weighted by Gasteiger charge is -2.16. The maximum absolute atomic E-state index is 6.37. The molecule has 1 nitrogen and oxygen atoms in total. The average Bonchev–Trinajstić information content (AvgIpc) is 3.43. The Morgan fingerprint density at radius 3 is 1.76 bits per heavy atom. The Hall–Kier alpha value is -5.14. The van der Waals surface area contributed by atoms with Gasteiger partial charge in [-0.2, -0.15) is 0 Å². The molecule has 192 valence electrons. The van der Waals surface area contributed by atoms with E-state index in [1.807, 2.05) is 0 Å². The third kappa shape index (κ3) is 3.36. The van der Waals surface area contributed by atoms with Crippen LogP contribution in [0.15, 0.2) is 132 Å². The van der Waals surface area contributed by atoms with Gasteiger partial charge in [-0.25, -0.2) is 0 Å². The van der Waals surface area contributed by atoms with Crippen molar-refractivity contribution in [3.8, 4) is 33.4 Å². The highest BCUT2D eigenvalue weighted by Crippen LogP contribution is 2.43. The number of allylic oxidation sites excluding steroid dienone is 1. The van der Waals surface area contributed by atoms with Gasteiger partial charge >= 0.3 is 0 Å². The van der Waals surface area contributed by atoms with Gasteiger partial charge in [0.15, 0.2) is 0 Å². The summed E-state index contributed by atoms with van der Waals surface area (Å²) in [6.45, 7) is 0. The molecule has 0 saturated heterocycles. The Balaban J connectivity index is 1.20. The summed E-state index contributed by atoms with van der Waals surface area (Å²) in [7, 11) is 0. The first-order valence-corrected chi connectivity index (χ1v) is 14.4. The SMILES string of the molecule is C1=Cc2oc3c(-c4ccc(-c5ccc6ccc7ccc(-c8ccccc8)c8ccc5c6c78)cc4)cccc3c2CC1. The molecule has 1 aliphatic rings. The van der Waals surface area contributed by atoms with Gasteiger partial charge in [-0.05, 0) is 79.1 Å². The van der Waals surface area contributed by atoms with Crippen LogP contribution in [0.2, 0.25) is 0 Å². The number of benzene rings is 7. The van der Waals surface area contributed by atoms with E-state index in [0.717, 1.165) is 29.7 Å². The Bertz CT molecular complexity index is 2280. The van der Waals surface area contributed by atoms with Crippen LogP contribution in [0.25, 0.3) is 82.7 Å². The first-order valence-electron chi connectivity index (χ1n) is 14.4. The predicted octanol–water partition coefficient (Wildman–Crippen LogP) is 11.3. The second-order valence-electron chi connectivity index (χ2n) is 11.2. The molecule has 0 fully saturated rings. The minimum Gasteiger partial charge on any atom is -0.456 e. The fraction of sp³-hybridized carbons (Fsp3) is 0.0500. The molecular weight excluding hydrogens is 496 g/mol. The van der Waals surface area contributed by atoms with Crippen molar-refractivity contribution >= 4 is 49.4 Å². The molecule has 9 rings (SSSR count). The smallest absolute Gasteiger partial charge is 0.142 e. The fourth-order valence-electron chi connectivity index (χ4n) is 6.98. The van der Waals surface area contributed by atoms with Crippen molar-refractivity contribution in [1.29, 1.82) is 0 Å². The number of aryl methyl sites for hydroxylation is 1. The first kappa shape index (κ1) is 22.7. The van der Waals surface area contributed by atoms with Gasteiger partial charge in [0.2, 0.25) is 0 Å². The van der Waals surface area contributed by atoms with Crippen LogP contribution in [0.4, 0.5) is 0 Å². The van der Waals surface area contributed by atoms with Gasteiger partial charge in [-0.3, -0.25) is 0 Å². The zero-order valence-electron chi connectivity index (χ0n) is 22.5. The predicted molar refractivity (Wildman–Crippen MR) is 174 cm³/mol. The Morgan fingerprint density at radius 1 is 0.463 bits per heavy atom. The van der Waals surface area contributed by atoms with Crippen molar-refractivity contribution in [2.24, 2.45) is 0 Å². The van der Waals surface area contributed by atoms with Crippen LogP contribution in [0, 0.1) is 0 Å². The van der Waals surface area contributed by atoms with E-state index < -0.39 is 0 Å². The van der Waals surface area contributed by atoms with Gasteiger partial charge in [0.05, 0.1) is 0 Å². The highest BCUT2D eigenvalue weighted by Gasteiger charge is 2.18. The third-order valence-electron chi connectivity index (χ3n) is 8.94. The summed E-state index contributed by atoms with van der Waals surface area (Å²) in [5.74, 6) is 1.01. The molecule has 0 N–H and O–H groups in total. The van der Waals surface area contributed by atoms with Crippen molar-refractivity contribution in [3.63, 3.8) is 0 Å². The summed E-state index contributed by atoms with van der Waals surface area (Å²) < 4.78 is 6.37. The summed E-state index contributed by atoms with van der Waals surface area (Å²) in [6.07, 6.45) is 6.46. The zero-order valence-corrected chi connectivity index (χ0v) is 22.5. The fourth-order valence-corrected chi connectivity index (χ4v) is 6.98. The lowest BCUT2D eigenvalue weighted by Crippen LogP contribution is -1.89. The molecule has 0 saturated carbocycles. The molecule has 0 radical (unpaired) electrons. The van der Waals surface area contributed by atoms with Crippen LogP contribution in [-0.4, -0.2) is 0 Å². The van der Waals surface area contributed by atoms with Crippen LogP contribution >= 0.6 is 0 Å². The average molecular weight is 523 g/mol. The lowest BCUT2D eigenvalue weighted by atomic mass is 9.87. The maximum atomic E-state index is 6.37. The van der Waals surface area contributed by atoms with Crippen LogP contribution in [-0.2, 0) is 6.42 Å². The van der Waals surface area contributed by atoms with Gasteiger partial charge in [0.25, 0.3) is 0 Å². The van der Waals surface area contributed by atoms with E-state index in [0.29, 0.717) is 0 Å². The summed E-state index contributed by atoms with van der Waals surface area (Å²) in [5.41, 5.74) is 9.69. The van der Waals surface area contributed by atoms with E-state index in [9.17, 15) is 0 Å². The molecule has 0 aliphatic heterocycles. The molecule has 0 unspecified atom stereocenters. The molecule has 0 atom stereocenters. The van der Waals surface area contributed by atoms with E-state index >= 15 is 0 Å². The standard InChI is InChI=1S/C40H26O/c1-2-7-25(8-3-1)30-21-19-28-17-18-29-20-22-31(35-24-23-34(30)38(28)39(29)35)26-13-15-27(16-14-26)32-10-6-11-36-33-9-4-5-12-37(33)41-40(32)36/h1-3,5-8,10-24H,4,9H2. The zero-order chi connectivity index (χ0) is 26.9. The summed E-state index contributed by atoms with van der Waals surface area (Å²) in [5, 5.41) is 9.11. The van der Waals surface area contributed by atoms with Crippen molar-refractivity contribution in [2.75, 3.05) is 0 Å². The van der Waals surface area contributed by atoms with Crippen LogP contribution in [0.3, 0.4) is 0 Å². The topological polar surface area (TPSA) is 13.1 Å². The minimum absolute atomic E-state index is 0.994. The highest BCUT2D eigenvalue weighted by molar-refractivity contribution is 6.27. The number of furan rings is 1. The van der Waals surface area contributed by atoms with Crippen molar-refractivity contribution in [2.45, 2.75) is 12.8 Å². The molecule has 1 heteroatoms. The Labute approximate surface area is 238 Å². The van der Waals surface area contributed by atoms with E-state index in [-0.39, 0.29) is 0 Å². The second kappa shape index (κ2) is 8.68.